The van der Waals surface area contributed by atoms with Crippen LogP contribution in [-0.2, 0) is 17.8 Å². The molecular formula is C32H43N3O4S. The van der Waals surface area contributed by atoms with Gasteiger partial charge in [0.25, 0.3) is 0 Å². The lowest BCUT2D eigenvalue weighted by Crippen LogP contribution is -2.62. The van der Waals surface area contributed by atoms with Gasteiger partial charge in [-0.1, -0.05) is 12.1 Å². The number of aryl methyl sites for hydroxylation is 1. The van der Waals surface area contributed by atoms with E-state index in [4.69, 9.17) is 9.47 Å². The fraction of sp³-hybridized carbons (Fsp3) is 0.562. The van der Waals surface area contributed by atoms with Gasteiger partial charge in [0.05, 0.1) is 20.8 Å². The topological polar surface area (TPSA) is 71.1 Å². The Morgan fingerprint density at radius 3 is 2.27 bits per heavy atom. The zero-order chi connectivity index (χ0) is 28.3. The summed E-state index contributed by atoms with van der Waals surface area (Å²) in [4.78, 5) is 33.3. The SMILES string of the molecule is C=CCN(CC(=O)N(CCc1ccc(OC)c(OC)c1)Cc1ccc(C)s1)C(=O)NC12CC3CC(CC(C3)C1)C2. The molecular weight excluding hydrogens is 522 g/mol. The van der Waals surface area contributed by atoms with Gasteiger partial charge in [0.2, 0.25) is 5.91 Å². The summed E-state index contributed by atoms with van der Waals surface area (Å²) in [5.41, 5.74) is 0.955. The molecule has 0 saturated heterocycles. The maximum atomic E-state index is 13.8. The number of rotatable bonds is 12. The summed E-state index contributed by atoms with van der Waals surface area (Å²) in [5, 5.41) is 3.43. The third-order valence-corrected chi connectivity index (χ3v) is 9.97. The summed E-state index contributed by atoms with van der Waals surface area (Å²) in [6.45, 7) is 7.36. The lowest BCUT2D eigenvalue weighted by molar-refractivity contribution is -0.132. The number of amides is 3. The van der Waals surface area contributed by atoms with Gasteiger partial charge < -0.3 is 24.6 Å². The first-order valence-electron chi connectivity index (χ1n) is 14.5. The number of ether oxygens (including phenoxy) is 2. The van der Waals surface area contributed by atoms with Gasteiger partial charge in [0.1, 0.15) is 6.54 Å². The van der Waals surface area contributed by atoms with Gasteiger partial charge in [-0.3, -0.25) is 4.79 Å². The van der Waals surface area contributed by atoms with Crippen LogP contribution in [0.4, 0.5) is 4.79 Å². The molecule has 216 valence electrons. The van der Waals surface area contributed by atoms with E-state index >= 15 is 0 Å². The quantitative estimate of drug-likeness (QED) is 0.330. The highest BCUT2D eigenvalue weighted by Crippen LogP contribution is 2.55. The van der Waals surface area contributed by atoms with Crippen LogP contribution in [0.1, 0.15) is 53.8 Å². The van der Waals surface area contributed by atoms with Crippen molar-refractivity contribution < 1.29 is 19.1 Å². The minimum Gasteiger partial charge on any atom is -0.493 e. The zero-order valence-electron chi connectivity index (χ0n) is 24.1. The van der Waals surface area contributed by atoms with Crippen LogP contribution in [-0.4, -0.2) is 61.1 Å². The number of nitrogens with one attached hydrogen (secondary N) is 1. The average molecular weight is 566 g/mol. The Kier molecular flexibility index (Phi) is 8.74. The van der Waals surface area contributed by atoms with Gasteiger partial charge >= 0.3 is 6.03 Å². The number of benzene rings is 1. The van der Waals surface area contributed by atoms with Crippen molar-refractivity contribution >= 4 is 23.3 Å². The van der Waals surface area contributed by atoms with Crippen LogP contribution < -0.4 is 14.8 Å². The predicted octanol–water partition coefficient (Wildman–Crippen LogP) is 5.81. The van der Waals surface area contributed by atoms with E-state index in [1.807, 2.05) is 23.1 Å². The molecule has 0 atom stereocenters. The molecule has 8 heteroatoms. The Morgan fingerprint density at radius 2 is 1.70 bits per heavy atom. The second-order valence-corrected chi connectivity index (χ2v) is 13.4. The molecule has 0 radical (unpaired) electrons. The highest BCUT2D eigenvalue weighted by molar-refractivity contribution is 7.11. The van der Waals surface area contributed by atoms with Crippen LogP contribution in [0.5, 0.6) is 11.5 Å². The van der Waals surface area contributed by atoms with Crippen LogP contribution in [0.25, 0.3) is 0 Å². The fourth-order valence-corrected chi connectivity index (χ4v) is 8.46. The molecule has 4 saturated carbocycles. The summed E-state index contributed by atoms with van der Waals surface area (Å²) >= 11 is 1.70. The van der Waals surface area contributed by atoms with E-state index < -0.39 is 0 Å². The van der Waals surface area contributed by atoms with Gasteiger partial charge in [-0.25, -0.2) is 4.79 Å². The third-order valence-electron chi connectivity index (χ3n) is 8.99. The maximum Gasteiger partial charge on any atom is 0.318 e. The molecule has 1 aromatic carbocycles. The lowest BCUT2D eigenvalue weighted by atomic mass is 9.53. The van der Waals surface area contributed by atoms with Crippen LogP contribution in [0.2, 0.25) is 0 Å². The van der Waals surface area contributed by atoms with Gasteiger partial charge in [-0.05, 0) is 99.5 Å². The summed E-state index contributed by atoms with van der Waals surface area (Å²) in [6, 6.07) is 9.88. The summed E-state index contributed by atoms with van der Waals surface area (Å²) in [5.74, 6) is 3.50. The molecule has 1 N–H and O–H groups in total. The van der Waals surface area contributed by atoms with Gasteiger partial charge in [-0.2, -0.15) is 0 Å². The van der Waals surface area contributed by atoms with Crippen molar-refractivity contribution in [1.82, 2.24) is 15.1 Å². The molecule has 0 unspecified atom stereocenters. The predicted molar refractivity (Wildman–Crippen MR) is 159 cm³/mol. The number of hydrogen-bond donors (Lipinski definition) is 1. The van der Waals surface area contributed by atoms with E-state index in [1.165, 1.54) is 24.1 Å². The minimum absolute atomic E-state index is 0.0283. The maximum absolute atomic E-state index is 13.8. The smallest absolute Gasteiger partial charge is 0.318 e. The minimum atomic E-state index is -0.137. The molecule has 4 aliphatic rings. The van der Waals surface area contributed by atoms with Gasteiger partial charge in [0.15, 0.2) is 11.5 Å². The number of thiophene rings is 1. The fourth-order valence-electron chi connectivity index (χ4n) is 7.56. The van der Waals surface area contributed by atoms with Crippen LogP contribution in [0.15, 0.2) is 43.0 Å². The van der Waals surface area contributed by atoms with Gasteiger partial charge in [0, 0.05) is 28.4 Å². The first-order valence-corrected chi connectivity index (χ1v) is 15.3. The standard InChI is InChI=1S/C32H43N3O4S/c1-5-11-35(31(37)33-32-17-24-13-25(18-32)15-26(14-24)19-32)21-30(36)34(20-27-8-6-22(2)40-27)12-10-23-7-9-28(38-3)29(16-23)39-4/h5-9,16,24-26H,1,10-15,17-21H2,2-4H3,(H,33,37). The number of hydrogen-bond acceptors (Lipinski definition) is 5. The van der Waals surface area contributed by atoms with Crippen molar-refractivity contribution in [3.8, 4) is 11.5 Å². The van der Waals surface area contributed by atoms with E-state index in [2.05, 4.69) is 31.0 Å². The first-order chi connectivity index (χ1) is 19.3. The normalized spacial score (nSPS) is 24.4. The molecule has 4 fully saturated rings. The molecule has 0 aliphatic heterocycles. The Hall–Kier alpha value is -3.00. The molecule has 1 aromatic heterocycles. The highest BCUT2D eigenvalue weighted by atomic mass is 32.1. The Morgan fingerprint density at radius 1 is 1.02 bits per heavy atom. The Bertz CT molecular complexity index is 1190. The highest BCUT2D eigenvalue weighted by Gasteiger charge is 2.51. The van der Waals surface area contributed by atoms with Crippen LogP contribution in [0, 0.1) is 24.7 Å². The number of nitrogens with zero attached hydrogens (tertiary/aromatic N) is 2. The van der Waals surface area contributed by atoms with Crippen molar-refractivity contribution in [2.75, 3.05) is 33.9 Å². The van der Waals surface area contributed by atoms with Crippen molar-refractivity contribution in [1.29, 1.82) is 0 Å². The zero-order valence-corrected chi connectivity index (χ0v) is 24.9. The molecule has 2 aromatic rings. The summed E-state index contributed by atoms with van der Waals surface area (Å²) in [7, 11) is 3.24. The van der Waals surface area contributed by atoms with Crippen molar-refractivity contribution in [3.63, 3.8) is 0 Å². The average Bonchev–Trinajstić information content (AvgIpc) is 3.33. The number of carbonyl (C=O) groups is 2. The van der Waals surface area contributed by atoms with Crippen molar-refractivity contribution in [2.45, 2.75) is 64.0 Å². The summed E-state index contributed by atoms with van der Waals surface area (Å²) < 4.78 is 10.8. The lowest BCUT2D eigenvalue weighted by Gasteiger charge is -2.57. The molecule has 3 amide bonds. The molecule has 1 heterocycles. The Labute approximate surface area is 242 Å². The number of urea groups is 1. The second-order valence-electron chi connectivity index (χ2n) is 12.1. The third kappa shape index (κ3) is 6.48. The van der Waals surface area contributed by atoms with Gasteiger partial charge in [-0.15, -0.1) is 17.9 Å². The second kappa shape index (κ2) is 12.2. The largest absolute Gasteiger partial charge is 0.493 e. The molecule has 4 aliphatic carbocycles. The van der Waals surface area contributed by atoms with Crippen LogP contribution >= 0.6 is 11.3 Å². The monoisotopic (exact) mass is 565 g/mol. The molecule has 6 rings (SSSR count). The van der Waals surface area contributed by atoms with E-state index in [9.17, 15) is 9.59 Å². The molecule has 4 bridgehead atoms. The first kappa shape index (κ1) is 28.5. The summed E-state index contributed by atoms with van der Waals surface area (Å²) in [6.07, 6.45) is 9.57. The van der Waals surface area contributed by atoms with E-state index in [0.29, 0.717) is 37.6 Å². The van der Waals surface area contributed by atoms with E-state index in [-0.39, 0.29) is 24.0 Å². The Balaban J connectivity index is 1.27. The van der Waals surface area contributed by atoms with Crippen LogP contribution in [0.3, 0.4) is 0 Å². The molecule has 0 spiro atoms. The van der Waals surface area contributed by atoms with Crippen molar-refractivity contribution in [3.05, 3.63) is 58.3 Å². The van der Waals surface area contributed by atoms with E-state index in [0.717, 1.165) is 47.5 Å². The van der Waals surface area contributed by atoms with Crippen molar-refractivity contribution in [2.24, 2.45) is 17.8 Å². The molecule has 7 nitrogen and oxygen atoms in total. The van der Waals surface area contributed by atoms with E-state index in [1.54, 1.807) is 36.5 Å². The number of carbonyl (C=O) groups excluding carboxylic acids is 2. The number of methoxy groups -OCH3 is 2. The molecule has 40 heavy (non-hydrogen) atoms.